The second kappa shape index (κ2) is 5.92. The third kappa shape index (κ3) is 3.23. The molecule has 27 heavy (non-hydrogen) atoms. The molecule has 13 heteroatoms. The molecule has 1 aliphatic heterocycles. The fraction of sp³-hybridized carbons (Fsp3) is 0.357. The Labute approximate surface area is 151 Å². The van der Waals surface area contributed by atoms with Gasteiger partial charge in [0.1, 0.15) is 0 Å². The molecule has 2 aromatic heterocycles. The number of alkyl halides is 3. The number of halogens is 3. The van der Waals surface area contributed by atoms with Gasteiger partial charge in [0.05, 0.1) is 17.3 Å². The summed E-state index contributed by atoms with van der Waals surface area (Å²) in [5.41, 5.74) is -4.56. The smallest absolute Gasteiger partial charge is 0.354 e. The molecule has 0 amide bonds. The van der Waals surface area contributed by atoms with Crippen LogP contribution in [0.15, 0.2) is 35.6 Å². The number of hydrogen-bond donors (Lipinski definition) is 2. The van der Waals surface area contributed by atoms with E-state index in [0.29, 0.717) is 11.1 Å². The highest BCUT2D eigenvalue weighted by Crippen LogP contribution is 2.32. The zero-order chi connectivity index (χ0) is 19.3. The quantitative estimate of drug-likeness (QED) is 0.567. The molecular weight excluding hydrogens is 389 g/mol. The summed E-state index contributed by atoms with van der Waals surface area (Å²) in [6, 6.07) is 2.66. The molecule has 1 fully saturated rings. The van der Waals surface area contributed by atoms with Gasteiger partial charge in [-0.25, -0.2) is 4.99 Å². The summed E-state index contributed by atoms with van der Waals surface area (Å²) in [6.45, 7) is 0. The summed E-state index contributed by atoms with van der Waals surface area (Å²) in [6.07, 6.45) is 8.46. The Morgan fingerprint density at radius 2 is 2.11 bits per heavy atom. The van der Waals surface area contributed by atoms with E-state index in [2.05, 4.69) is 30.0 Å². The van der Waals surface area contributed by atoms with Crippen molar-refractivity contribution in [3.63, 3.8) is 0 Å². The molecule has 2 aliphatic rings. The van der Waals surface area contributed by atoms with Crippen molar-refractivity contribution in [3.8, 4) is 5.88 Å². The lowest BCUT2D eigenvalue weighted by atomic mass is 10.1. The predicted molar refractivity (Wildman–Crippen MR) is 87.2 cm³/mol. The predicted octanol–water partition coefficient (Wildman–Crippen LogP) is 1.01. The number of rotatable bonds is 5. The molecule has 0 radical (unpaired) electrons. The van der Waals surface area contributed by atoms with Crippen molar-refractivity contribution < 1.29 is 25.8 Å². The maximum atomic E-state index is 12.5. The van der Waals surface area contributed by atoms with Gasteiger partial charge in [-0.1, -0.05) is 0 Å². The molecule has 2 aromatic rings. The lowest BCUT2D eigenvalue weighted by molar-refractivity contribution is -0.0501. The topological polar surface area (TPSA) is 110 Å². The monoisotopic (exact) mass is 402 g/mol. The van der Waals surface area contributed by atoms with E-state index in [1.54, 1.807) is 18.5 Å². The highest BCUT2D eigenvalue weighted by Gasteiger charge is 2.49. The molecule has 1 saturated carbocycles. The molecule has 144 valence electrons. The first-order valence-electron chi connectivity index (χ1n) is 7.82. The van der Waals surface area contributed by atoms with E-state index >= 15 is 0 Å². The minimum atomic E-state index is -5.81. The standard InChI is InChI=1S/C14H13F3N6O3S/c15-14(16,17)27(24,25)26-12-5-4-11-10(8-20-23(11)22-12)13(21-9-2-3-9)18-6-1-7-19-13/h1,4-9,18,21H,2-3H2. The maximum absolute atomic E-state index is 12.5. The van der Waals surface area contributed by atoms with Gasteiger partial charge < -0.3 is 9.50 Å². The van der Waals surface area contributed by atoms with Gasteiger partial charge in [0.2, 0.25) is 5.79 Å². The van der Waals surface area contributed by atoms with E-state index in [9.17, 15) is 21.6 Å². The Bertz CT molecular complexity index is 1040. The Balaban J connectivity index is 1.70. The molecule has 0 aromatic carbocycles. The molecule has 0 saturated heterocycles. The van der Waals surface area contributed by atoms with Crippen LogP contribution in [0.5, 0.6) is 5.88 Å². The van der Waals surface area contributed by atoms with Crippen molar-refractivity contribution >= 4 is 21.8 Å². The van der Waals surface area contributed by atoms with Gasteiger partial charge in [0, 0.05) is 24.5 Å². The second-order valence-electron chi connectivity index (χ2n) is 6.00. The third-order valence-electron chi connectivity index (χ3n) is 3.97. The van der Waals surface area contributed by atoms with E-state index in [1.807, 2.05) is 0 Å². The molecule has 1 atom stereocenters. The minimum Gasteiger partial charge on any atom is -0.354 e. The van der Waals surface area contributed by atoms with Gasteiger partial charge in [-0.05, 0) is 25.0 Å². The Hall–Kier alpha value is -2.67. The molecule has 9 nitrogen and oxygen atoms in total. The van der Waals surface area contributed by atoms with Crippen molar-refractivity contribution in [2.75, 3.05) is 0 Å². The van der Waals surface area contributed by atoms with Crippen molar-refractivity contribution in [1.82, 2.24) is 25.5 Å². The molecule has 2 N–H and O–H groups in total. The molecule has 1 unspecified atom stereocenters. The van der Waals surface area contributed by atoms with Crippen LogP contribution in [0.3, 0.4) is 0 Å². The fourth-order valence-corrected chi connectivity index (χ4v) is 2.98. The van der Waals surface area contributed by atoms with Crippen LogP contribution in [0.4, 0.5) is 13.2 Å². The number of nitrogens with one attached hydrogen (secondary N) is 2. The Kier molecular flexibility index (Phi) is 3.89. The summed E-state index contributed by atoms with van der Waals surface area (Å²) in [4.78, 5) is 4.46. The van der Waals surface area contributed by atoms with Crippen LogP contribution in [0.25, 0.3) is 5.52 Å². The molecular formula is C14H13F3N6O3S. The van der Waals surface area contributed by atoms with Crippen molar-refractivity contribution in [1.29, 1.82) is 0 Å². The number of hydrogen-bond acceptors (Lipinski definition) is 8. The first-order chi connectivity index (χ1) is 12.7. The fourth-order valence-electron chi connectivity index (χ4n) is 2.58. The normalized spacial score (nSPS) is 22.8. The number of fused-ring (bicyclic) bond motifs is 1. The van der Waals surface area contributed by atoms with E-state index in [4.69, 9.17) is 0 Å². The van der Waals surface area contributed by atoms with Crippen LogP contribution in [-0.4, -0.2) is 41.0 Å². The second-order valence-corrected chi connectivity index (χ2v) is 7.54. The van der Waals surface area contributed by atoms with Gasteiger partial charge >= 0.3 is 15.6 Å². The molecule has 0 spiro atoms. The molecule has 1 aliphatic carbocycles. The van der Waals surface area contributed by atoms with E-state index in [1.165, 1.54) is 12.3 Å². The summed E-state index contributed by atoms with van der Waals surface area (Å²) in [7, 11) is -5.81. The van der Waals surface area contributed by atoms with Gasteiger partial charge in [-0.2, -0.15) is 26.7 Å². The first-order valence-corrected chi connectivity index (χ1v) is 9.23. The summed E-state index contributed by atoms with van der Waals surface area (Å²) < 4.78 is 64.6. The van der Waals surface area contributed by atoms with Gasteiger partial charge in [-0.3, -0.25) is 5.32 Å². The van der Waals surface area contributed by atoms with Crippen LogP contribution in [0.2, 0.25) is 0 Å². The van der Waals surface area contributed by atoms with Crippen molar-refractivity contribution in [3.05, 3.63) is 36.2 Å². The van der Waals surface area contributed by atoms with E-state index in [-0.39, 0.29) is 6.04 Å². The minimum absolute atomic E-state index is 0.267. The summed E-state index contributed by atoms with van der Waals surface area (Å²) in [5, 5.41) is 14.2. The average Bonchev–Trinajstić information content (AvgIpc) is 3.29. The number of aliphatic imine (C=N–C) groups is 1. The summed E-state index contributed by atoms with van der Waals surface area (Å²) in [5.74, 6) is -1.75. The van der Waals surface area contributed by atoms with Crippen LogP contribution in [0.1, 0.15) is 18.4 Å². The highest BCUT2D eigenvalue weighted by atomic mass is 32.2. The zero-order valence-electron chi connectivity index (χ0n) is 13.5. The molecule has 3 heterocycles. The lowest BCUT2D eigenvalue weighted by Crippen LogP contribution is -2.52. The maximum Gasteiger partial charge on any atom is 0.534 e. The largest absolute Gasteiger partial charge is 0.534 e. The van der Waals surface area contributed by atoms with Crippen molar-refractivity contribution in [2.24, 2.45) is 4.99 Å². The van der Waals surface area contributed by atoms with Crippen LogP contribution < -0.4 is 14.8 Å². The first kappa shape index (κ1) is 17.7. The Morgan fingerprint density at radius 3 is 2.74 bits per heavy atom. The zero-order valence-corrected chi connectivity index (χ0v) is 14.3. The van der Waals surface area contributed by atoms with Gasteiger partial charge in [-0.15, -0.1) is 9.73 Å². The summed E-state index contributed by atoms with van der Waals surface area (Å²) >= 11 is 0. The third-order valence-corrected chi connectivity index (χ3v) is 4.92. The lowest BCUT2D eigenvalue weighted by Gasteiger charge is -2.32. The number of aromatic nitrogens is 3. The average molecular weight is 402 g/mol. The molecule has 0 bridgehead atoms. The SMILES string of the molecule is O=S(=O)(Oc1ccc2c(C3(NC4CC4)N=CC=CN3)cnn2n1)C(F)(F)F. The van der Waals surface area contributed by atoms with Crippen LogP contribution in [-0.2, 0) is 15.9 Å². The number of nitrogens with zero attached hydrogens (tertiary/aromatic N) is 4. The van der Waals surface area contributed by atoms with Gasteiger partial charge in [0.15, 0.2) is 0 Å². The van der Waals surface area contributed by atoms with E-state index in [0.717, 1.165) is 23.5 Å². The number of allylic oxidation sites excluding steroid dienone is 1. The van der Waals surface area contributed by atoms with Crippen LogP contribution in [0, 0.1) is 0 Å². The van der Waals surface area contributed by atoms with E-state index < -0.39 is 27.3 Å². The van der Waals surface area contributed by atoms with Gasteiger partial charge in [0.25, 0.3) is 5.88 Å². The van der Waals surface area contributed by atoms with Crippen LogP contribution >= 0.6 is 0 Å². The highest BCUT2D eigenvalue weighted by molar-refractivity contribution is 7.87. The Morgan fingerprint density at radius 1 is 1.33 bits per heavy atom. The van der Waals surface area contributed by atoms with Crippen molar-refractivity contribution in [2.45, 2.75) is 30.2 Å². The molecule has 4 rings (SSSR count).